The van der Waals surface area contributed by atoms with Gasteiger partial charge in [-0.3, -0.25) is 4.79 Å². The normalized spacial score (nSPS) is 10.4. The molecule has 1 aromatic carbocycles. The molecule has 0 unspecified atom stereocenters. The summed E-state index contributed by atoms with van der Waals surface area (Å²) >= 11 is 0. The average Bonchev–Trinajstić information content (AvgIpc) is 2.53. The van der Waals surface area contributed by atoms with Crippen LogP contribution in [0.25, 0.3) is 0 Å². The largest absolute Gasteiger partial charge is 0.354 e. The van der Waals surface area contributed by atoms with Gasteiger partial charge in [-0.15, -0.1) is 0 Å². The first-order valence-corrected chi connectivity index (χ1v) is 7.02. The van der Waals surface area contributed by atoms with Gasteiger partial charge in [-0.25, -0.2) is 13.8 Å². The summed E-state index contributed by atoms with van der Waals surface area (Å²) in [6.07, 6.45) is 1.48. The minimum absolute atomic E-state index is 0.135. The van der Waals surface area contributed by atoms with Gasteiger partial charge in [0.15, 0.2) is 11.6 Å². The molecule has 0 saturated heterocycles. The molecular weight excluding hydrogens is 288 g/mol. The molecule has 1 amide bonds. The predicted octanol–water partition coefficient (Wildman–Crippen LogP) is 3.59. The second-order valence-corrected chi connectivity index (χ2v) is 4.66. The van der Waals surface area contributed by atoms with Gasteiger partial charge in [0, 0.05) is 24.8 Å². The van der Waals surface area contributed by atoms with Crippen molar-refractivity contribution in [1.29, 1.82) is 0 Å². The van der Waals surface area contributed by atoms with Crippen molar-refractivity contribution in [3.63, 3.8) is 0 Å². The third-order valence-electron chi connectivity index (χ3n) is 3.24. The second-order valence-electron chi connectivity index (χ2n) is 4.66. The van der Waals surface area contributed by atoms with Gasteiger partial charge in [-0.05, 0) is 38.1 Å². The molecule has 116 valence electrons. The fraction of sp³-hybridized carbons (Fsp3) is 0.250. The highest BCUT2D eigenvalue weighted by Crippen LogP contribution is 2.18. The van der Waals surface area contributed by atoms with Gasteiger partial charge in [0.1, 0.15) is 5.69 Å². The second kappa shape index (κ2) is 6.98. The van der Waals surface area contributed by atoms with Crippen molar-refractivity contribution < 1.29 is 13.6 Å². The minimum atomic E-state index is -0.925. The summed E-state index contributed by atoms with van der Waals surface area (Å²) < 4.78 is 26.0. The molecule has 0 fully saturated rings. The van der Waals surface area contributed by atoms with E-state index < -0.39 is 11.6 Å². The number of anilines is 2. The molecule has 4 nitrogen and oxygen atoms in total. The number of carbonyl (C=O) groups excluding carboxylic acids is 1. The molecule has 0 aliphatic rings. The van der Waals surface area contributed by atoms with Crippen LogP contribution in [0.1, 0.15) is 24.3 Å². The van der Waals surface area contributed by atoms with Crippen LogP contribution in [0.4, 0.5) is 20.2 Å². The van der Waals surface area contributed by atoms with Gasteiger partial charge in [0.05, 0.1) is 11.9 Å². The molecule has 2 rings (SSSR count). The third-order valence-corrected chi connectivity index (χ3v) is 3.24. The molecule has 0 aliphatic carbocycles. The fourth-order valence-corrected chi connectivity index (χ4v) is 2.01. The quantitative estimate of drug-likeness (QED) is 0.918. The molecule has 0 atom stereocenters. The SMILES string of the molecule is CCN(CC)C(=O)c1ccc(Nc2ccc(F)c(F)c2)cn1. The van der Waals surface area contributed by atoms with Crippen LogP contribution < -0.4 is 5.32 Å². The fourth-order valence-electron chi connectivity index (χ4n) is 2.01. The van der Waals surface area contributed by atoms with Crippen LogP contribution in [-0.2, 0) is 0 Å². The number of nitrogens with one attached hydrogen (secondary N) is 1. The summed E-state index contributed by atoms with van der Waals surface area (Å²) in [7, 11) is 0. The van der Waals surface area contributed by atoms with E-state index in [-0.39, 0.29) is 5.91 Å². The van der Waals surface area contributed by atoms with Crippen molar-refractivity contribution in [2.24, 2.45) is 0 Å². The number of halogens is 2. The Morgan fingerprint density at radius 3 is 2.32 bits per heavy atom. The van der Waals surface area contributed by atoms with E-state index in [1.807, 2.05) is 13.8 Å². The summed E-state index contributed by atoms with van der Waals surface area (Å²) in [5.74, 6) is -1.96. The number of pyridine rings is 1. The number of hydrogen-bond donors (Lipinski definition) is 1. The highest BCUT2D eigenvalue weighted by Gasteiger charge is 2.13. The molecule has 2 aromatic rings. The smallest absolute Gasteiger partial charge is 0.272 e. The minimum Gasteiger partial charge on any atom is -0.354 e. The van der Waals surface area contributed by atoms with E-state index in [9.17, 15) is 13.6 Å². The molecule has 0 spiro atoms. The lowest BCUT2D eigenvalue weighted by Gasteiger charge is -2.18. The summed E-state index contributed by atoms with van der Waals surface area (Å²) in [5, 5.41) is 2.90. The number of aromatic nitrogens is 1. The van der Waals surface area contributed by atoms with Gasteiger partial charge < -0.3 is 10.2 Å². The van der Waals surface area contributed by atoms with Gasteiger partial charge in [0.25, 0.3) is 5.91 Å². The average molecular weight is 305 g/mol. The predicted molar refractivity (Wildman–Crippen MR) is 81.1 cm³/mol. The number of nitrogens with zero attached hydrogens (tertiary/aromatic N) is 2. The van der Waals surface area contributed by atoms with Crippen molar-refractivity contribution in [2.45, 2.75) is 13.8 Å². The molecule has 0 aliphatic heterocycles. The van der Waals surface area contributed by atoms with Crippen LogP contribution in [-0.4, -0.2) is 28.9 Å². The van der Waals surface area contributed by atoms with E-state index in [1.165, 1.54) is 12.3 Å². The number of carbonyl (C=O) groups is 1. The molecule has 1 heterocycles. The van der Waals surface area contributed by atoms with E-state index in [1.54, 1.807) is 17.0 Å². The van der Waals surface area contributed by atoms with Crippen molar-refractivity contribution in [3.05, 3.63) is 53.9 Å². The Morgan fingerprint density at radius 2 is 1.77 bits per heavy atom. The molecule has 22 heavy (non-hydrogen) atoms. The monoisotopic (exact) mass is 305 g/mol. The first-order chi connectivity index (χ1) is 10.5. The maximum Gasteiger partial charge on any atom is 0.272 e. The van der Waals surface area contributed by atoms with Gasteiger partial charge >= 0.3 is 0 Å². The number of benzene rings is 1. The van der Waals surface area contributed by atoms with Crippen molar-refractivity contribution >= 4 is 17.3 Å². The summed E-state index contributed by atoms with van der Waals surface area (Å²) in [4.78, 5) is 17.9. The Balaban J connectivity index is 2.11. The molecular formula is C16H17F2N3O. The lowest BCUT2D eigenvalue weighted by molar-refractivity contribution is 0.0767. The number of hydrogen-bond acceptors (Lipinski definition) is 3. The zero-order chi connectivity index (χ0) is 16.1. The Labute approximate surface area is 127 Å². The lowest BCUT2D eigenvalue weighted by Crippen LogP contribution is -2.31. The Hall–Kier alpha value is -2.50. The van der Waals surface area contributed by atoms with Crippen molar-refractivity contribution in [3.8, 4) is 0 Å². The standard InChI is InChI=1S/C16H17F2N3O/c1-3-21(4-2)16(22)15-8-6-12(10-19-15)20-11-5-7-13(17)14(18)9-11/h5-10,20H,3-4H2,1-2H3. The Kier molecular flexibility index (Phi) is 5.04. The number of amides is 1. The van der Waals surface area contributed by atoms with Crippen LogP contribution >= 0.6 is 0 Å². The Morgan fingerprint density at radius 1 is 1.09 bits per heavy atom. The highest BCUT2D eigenvalue weighted by molar-refractivity contribution is 5.92. The highest BCUT2D eigenvalue weighted by atomic mass is 19.2. The molecule has 6 heteroatoms. The van der Waals surface area contributed by atoms with Crippen molar-refractivity contribution in [2.75, 3.05) is 18.4 Å². The molecule has 1 N–H and O–H groups in total. The van der Waals surface area contributed by atoms with Crippen molar-refractivity contribution in [1.82, 2.24) is 9.88 Å². The molecule has 0 bridgehead atoms. The summed E-state index contributed by atoms with van der Waals surface area (Å²) in [6, 6.07) is 6.80. The van der Waals surface area contributed by atoms with Gasteiger partial charge in [0.2, 0.25) is 0 Å². The zero-order valence-corrected chi connectivity index (χ0v) is 12.4. The van der Waals surface area contributed by atoms with Gasteiger partial charge in [-0.1, -0.05) is 0 Å². The van der Waals surface area contributed by atoms with E-state index in [2.05, 4.69) is 10.3 Å². The number of rotatable bonds is 5. The summed E-state index contributed by atoms with van der Waals surface area (Å²) in [5.41, 5.74) is 1.34. The molecule has 1 aromatic heterocycles. The van der Waals surface area contributed by atoms with E-state index >= 15 is 0 Å². The van der Waals surface area contributed by atoms with Crippen LogP contribution in [0.15, 0.2) is 36.5 Å². The Bertz CT molecular complexity index is 655. The first kappa shape index (κ1) is 15.9. The maximum atomic E-state index is 13.1. The van der Waals surface area contributed by atoms with Crippen LogP contribution in [0.3, 0.4) is 0 Å². The molecule has 0 radical (unpaired) electrons. The van der Waals surface area contributed by atoms with E-state index in [4.69, 9.17) is 0 Å². The van der Waals surface area contributed by atoms with E-state index in [0.29, 0.717) is 30.2 Å². The summed E-state index contributed by atoms with van der Waals surface area (Å²) in [6.45, 7) is 5.04. The van der Waals surface area contributed by atoms with E-state index in [0.717, 1.165) is 12.1 Å². The zero-order valence-electron chi connectivity index (χ0n) is 12.4. The van der Waals surface area contributed by atoms with Crippen LogP contribution in [0.5, 0.6) is 0 Å². The van der Waals surface area contributed by atoms with Crippen LogP contribution in [0.2, 0.25) is 0 Å². The molecule has 0 saturated carbocycles. The van der Waals surface area contributed by atoms with Crippen LogP contribution in [0, 0.1) is 11.6 Å². The first-order valence-electron chi connectivity index (χ1n) is 7.02. The lowest BCUT2D eigenvalue weighted by atomic mass is 10.2. The third kappa shape index (κ3) is 3.58. The maximum absolute atomic E-state index is 13.1. The van der Waals surface area contributed by atoms with Gasteiger partial charge in [-0.2, -0.15) is 0 Å². The topological polar surface area (TPSA) is 45.2 Å².